The van der Waals surface area contributed by atoms with Crippen LogP contribution in [-0.2, 0) is 0 Å². The Morgan fingerprint density at radius 2 is 1.57 bits per heavy atom. The molecule has 0 aliphatic heterocycles. The number of phenols is 1. The lowest BCUT2D eigenvalue weighted by Gasteiger charge is -2.21. The molecule has 0 unspecified atom stereocenters. The van der Waals surface area contributed by atoms with Crippen molar-refractivity contribution in [1.29, 1.82) is 0 Å². The number of hydrogen-bond donors (Lipinski definition) is 3. The van der Waals surface area contributed by atoms with Gasteiger partial charge < -0.3 is 25.6 Å². The molecule has 1 aliphatic carbocycles. The van der Waals surface area contributed by atoms with Crippen molar-refractivity contribution >= 4 is 23.2 Å². The average Bonchev–Trinajstić information content (AvgIpc) is 2.91. The molecular weight excluding hydrogens is 474 g/mol. The molecule has 0 saturated carbocycles. The van der Waals surface area contributed by atoms with Crippen LogP contribution in [0.5, 0.6) is 29.0 Å². The highest BCUT2D eigenvalue weighted by Crippen LogP contribution is 2.42. The minimum Gasteiger partial charge on any atom is -0.507 e. The Bertz CT molecular complexity index is 1500. The van der Waals surface area contributed by atoms with Gasteiger partial charge in [-0.1, -0.05) is 37.6 Å². The summed E-state index contributed by atoms with van der Waals surface area (Å²) in [4.78, 5) is 38.4. The van der Waals surface area contributed by atoms with E-state index in [1.54, 1.807) is 48.5 Å². The first-order valence-corrected chi connectivity index (χ1v) is 11.7. The number of carbonyl (C=O) groups is 2. The summed E-state index contributed by atoms with van der Waals surface area (Å²) < 4.78 is 11.6. The van der Waals surface area contributed by atoms with E-state index in [9.17, 15) is 14.7 Å². The van der Waals surface area contributed by atoms with E-state index in [0.717, 1.165) is 19.4 Å². The Kier molecular flexibility index (Phi) is 6.38. The summed E-state index contributed by atoms with van der Waals surface area (Å²) >= 11 is 0. The van der Waals surface area contributed by atoms with Crippen molar-refractivity contribution < 1.29 is 24.2 Å². The van der Waals surface area contributed by atoms with E-state index in [4.69, 9.17) is 15.2 Å². The number of hydrogen-bond acceptors (Lipinski definition) is 10. The predicted molar refractivity (Wildman–Crippen MR) is 136 cm³/mol. The van der Waals surface area contributed by atoms with Crippen LogP contribution in [-0.4, -0.2) is 38.2 Å². The fourth-order valence-electron chi connectivity index (χ4n) is 3.96. The zero-order valence-electron chi connectivity index (χ0n) is 19.9. The van der Waals surface area contributed by atoms with Crippen LogP contribution in [0.15, 0.2) is 60.9 Å². The Morgan fingerprint density at radius 1 is 0.919 bits per heavy atom. The molecule has 10 nitrogen and oxygen atoms in total. The van der Waals surface area contributed by atoms with Gasteiger partial charge in [-0.25, -0.2) is 4.98 Å². The number of carbonyl (C=O) groups excluding carboxylic acids is 2. The molecule has 4 N–H and O–H groups in total. The Morgan fingerprint density at radius 3 is 2.24 bits per heavy atom. The van der Waals surface area contributed by atoms with E-state index < -0.39 is 11.6 Å². The quantitative estimate of drug-likeness (QED) is 0.156. The topological polar surface area (TPSA) is 150 Å². The minimum atomic E-state index is -0.468. The molecule has 5 rings (SSSR count). The number of anilines is 2. The molecule has 4 aromatic rings. The second kappa shape index (κ2) is 9.94. The molecule has 10 heteroatoms. The maximum atomic E-state index is 13.1. The van der Waals surface area contributed by atoms with Crippen molar-refractivity contribution in [3.63, 3.8) is 0 Å². The van der Waals surface area contributed by atoms with Crippen LogP contribution in [0.3, 0.4) is 0 Å². The van der Waals surface area contributed by atoms with Crippen molar-refractivity contribution in [1.82, 2.24) is 15.0 Å². The second-order valence-corrected chi connectivity index (χ2v) is 8.31. The average molecular weight is 498 g/mol. The van der Waals surface area contributed by atoms with Crippen LogP contribution in [0.25, 0.3) is 0 Å². The molecule has 0 bridgehead atoms. The lowest BCUT2D eigenvalue weighted by atomic mass is 9.82. The number of benzene rings is 3. The fraction of sp³-hybridized carbons (Fsp3) is 0.148. The molecule has 1 aromatic heterocycles. The van der Waals surface area contributed by atoms with Crippen LogP contribution < -0.4 is 20.5 Å². The van der Waals surface area contributed by atoms with Crippen molar-refractivity contribution in [2.45, 2.75) is 19.8 Å². The molecule has 186 valence electrons. The second-order valence-electron chi connectivity index (χ2n) is 8.31. The first-order chi connectivity index (χ1) is 18.0. The number of nitrogens with zero attached hydrogens (tertiary/aromatic N) is 3. The first-order valence-electron chi connectivity index (χ1n) is 11.7. The number of aromatic nitrogens is 3. The SMILES string of the molecule is CCCCNc1ncnc(Oc2ccc(Oc3cc(O)c4c(c3N)C(=O)c3ccccc3C4=O)cc2)n1. The number of unbranched alkanes of at least 4 members (excludes halogenated alkanes) is 1. The highest BCUT2D eigenvalue weighted by molar-refractivity contribution is 6.31. The minimum absolute atomic E-state index is 0.0331. The number of rotatable bonds is 8. The molecule has 0 saturated heterocycles. The lowest BCUT2D eigenvalue weighted by Crippen LogP contribution is -2.22. The number of fused-ring (bicyclic) bond motifs is 2. The number of ketones is 2. The number of nitrogens with two attached hydrogens (primary N) is 1. The summed E-state index contributed by atoms with van der Waals surface area (Å²) in [6.07, 6.45) is 3.41. The molecule has 0 fully saturated rings. The zero-order chi connectivity index (χ0) is 25.9. The molecule has 1 aliphatic rings. The zero-order valence-corrected chi connectivity index (χ0v) is 19.9. The third-order valence-electron chi connectivity index (χ3n) is 5.80. The molecule has 37 heavy (non-hydrogen) atoms. The van der Waals surface area contributed by atoms with E-state index >= 15 is 0 Å². The predicted octanol–water partition coefficient (Wildman–Crippen LogP) is 4.73. The van der Waals surface area contributed by atoms with Gasteiger partial charge in [0.25, 0.3) is 0 Å². The van der Waals surface area contributed by atoms with Gasteiger partial charge in [-0.05, 0) is 30.7 Å². The van der Waals surface area contributed by atoms with E-state index in [1.807, 2.05) is 0 Å². The van der Waals surface area contributed by atoms with Gasteiger partial charge in [0.05, 0.1) is 16.8 Å². The summed E-state index contributed by atoms with van der Waals surface area (Å²) in [5.74, 6) is -0.00656. The normalized spacial score (nSPS) is 12.0. The standard InChI is InChI=1S/C27H23N5O5/c1-2-3-12-29-26-30-14-31-27(32-26)37-16-10-8-15(9-11-16)36-20-13-19(33)21-22(23(20)28)25(35)18-7-5-4-6-17(18)24(21)34/h4-11,13-14,33H,2-3,12,28H2,1H3,(H,29,30,31,32). The molecule has 0 atom stereocenters. The van der Waals surface area contributed by atoms with Crippen LogP contribution >= 0.6 is 0 Å². The summed E-state index contributed by atoms with van der Waals surface area (Å²) in [6, 6.07) is 14.3. The summed E-state index contributed by atoms with van der Waals surface area (Å²) in [5, 5.41) is 13.7. The molecule has 0 amide bonds. The maximum absolute atomic E-state index is 13.1. The number of ether oxygens (including phenoxy) is 2. The van der Waals surface area contributed by atoms with Crippen LogP contribution in [0.4, 0.5) is 11.6 Å². The van der Waals surface area contributed by atoms with Gasteiger partial charge in [0.2, 0.25) is 5.95 Å². The largest absolute Gasteiger partial charge is 0.507 e. The smallest absolute Gasteiger partial charge is 0.326 e. The summed E-state index contributed by atoms with van der Waals surface area (Å²) in [7, 11) is 0. The highest BCUT2D eigenvalue weighted by atomic mass is 16.5. The van der Waals surface area contributed by atoms with Crippen molar-refractivity contribution in [2.24, 2.45) is 0 Å². The molecular formula is C27H23N5O5. The molecule has 1 heterocycles. The fourth-order valence-corrected chi connectivity index (χ4v) is 3.96. The van der Waals surface area contributed by atoms with Gasteiger partial charge in [0, 0.05) is 23.7 Å². The Balaban J connectivity index is 1.35. The van der Waals surface area contributed by atoms with Gasteiger partial charge in [-0.15, -0.1) is 0 Å². The number of aromatic hydroxyl groups is 1. The van der Waals surface area contributed by atoms with Crippen molar-refractivity contribution in [3.8, 4) is 29.0 Å². The van der Waals surface area contributed by atoms with E-state index in [-0.39, 0.29) is 45.5 Å². The van der Waals surface area contributed by atoms with E-state index in [1.165, 1.54) is 12.4 Å². The monoisotopic (exact) mass is 497 g/mol. The number of nitrogens with one attached hydrogen (secondary N) is 1. The third-order valence-corrected chi connectivity index (χ3v) is 5.80. The van der Waals surface area contributed by atoms with Gasteiger partial charge >= 0.3 is 6.01 Å². The van der Waals surface area contributed by atoms with E-state index in [2.05, 4.69) is 27.2 Å². The lowest BCUT2D eigenvalue weighted by molar-refractivity contribution is 0.0977. The van der Waals surface area contributed by atoms with Crippen molar-refractivity contribution in [3.05, 3.63) is 83.2 Å². The Labute approximate surface area is 212 Å². The Hall–Kier alpha value is -4.99. The number of nitrogen functional groups attached to an aromatic ring is 1. The van der Waals surface area contributed by atoms with Gasteiger partial charge in [0.1, 0.15) is 23.6 Å². The van der Waals surface area contributed by atoms with Crippen LogP contribution in [0.1, 0.15) is 51.6 Å². The molecule has 0 radical (unpaired) electrons. The summed E-state index contributed by atoms with van der Waals surface area (Å²) in [6.45, 7) is 2.85. The summed E-state index contributed by atoms with van der Waals surface area (Å²) in [5.41, 5.74) is 6.48. The highest BCUT2D eigenvalue weighted by Gasteiger charge is 2.35. The van der Waals surface area contributed by atoms with Crippen molar-refractivity contribution in [2.75, 3.05) is 17.6 Å². The number of phenolic OH excluding ortho intramolecular Hbond substituents is 1. The van der Waals surface area contributed by atoms with E-state index in [0.29, 0.717) is 17.4 Å². The third kappa shape index (κ3) is 4.64. The van der Waals surface area contributed by atoms with Gasteiger partial charge in [-0.3, -0.25) is 9.59 Å². The first kappa shape index (κ1) is 23.7. The van der Waals surface area contributed by atoms with Gasteiger partial charge in [-0.2, -0.15) is 9.97 Å². The molecule has 3 aromatic carbocycles. The molecule has 0 spiro atoms. The van der Waals surface area contributed by atoms with Crippen LogP contribution in [0, 0.1) is 0 Å². The van der Waals surface area contributed by atoms with Gasteiger partial charge in [0.15, 0.2) is 17.3 Å². The van der Waals surface area contributed by atoms with Crippen LogP contribution in [0.2, 0.25) is 0 Å². The maximum Gasteiger partial charge on any atom is 0.326 e.